The molecule has 94 valence electrons. The molecule has 2 heteroatoms. The summed E-state index contributed by atoms with van der Waals surface area (Å²) in [4.78, 5) is 0. The highest BCUT2D eigenvalue weighted by molar-refractivity contribution is 5.36. The molecule has 0 saturated heterocycles. The minimum atomic E-state index is -0.00653. The van der Waals surface area contributed by atoms with Crippen LogP contribution in [0.25, 0.3) is 0 Å². The Balaban J connectivity index is 2.18. The molecule has 1 saturated carbocycles. The van der Waals surface area contributed by atoms with Crippen molar-refractivity contribution in [2.24, 2.45) is 5.73 Å². The smallest absolute Gasteiger partial charge is 0.119 e. The van der Waals surface area contributed by atoms with E-state index in [9.17, 15) is 0 Å². The molecule has 0 aliphatic heterocycles. The third-order valence-corrected chi connectivity index (χ3v) is 3.98. The fraction of sp³-hybridized carbons (Fsp3) is 0.600. The van der Waals surface area contributed by atoms with Gasteiger partial charge in [0.1, 0.15) is 5.75 Å². The monoisotopic (exact) mass is 233 g/mol. The number of hydrogen-bond acceptors (Lipinski definition) is 2. The van der Waals surface area contributed by atoms with Crippen LogP contribution >= 0.6 is 0 Å². The Morgan fingerprint density at radius 2 is 1.71 bits per heavy atom. The van der Waals surface area contributed by atoms with Gasteiger partial charge in [-0.15, -0.1) is 0 Å². The number of benzene rings is 1. The summed E-state index contributed by atoms with van der Waals surface area (Å²) in [5, 5.41) is 0. The van der Waals surface area contributed by atoms with Crippen LogP contribution in [0.15, 0.2) is 24.3 Å². The summed E-state index contributed by atoms with van der Waals surface area (Å²) in [6, 6.07) is 8.38. The largest absolute Gasteiger partial charge is 0.491 e. The highest BCUT2D eigenvalue weighted by atomic mass is 16.5. The molecular formula is C15H23NO. The summed E-state index contributed by atoms with van der Waals surface area (Å²) < 4.78 is 5.65. The standard InChI is InChI=1S/C15H23NO/c1-11(2)17-13-7-5-12(6-8-13)14(3,4)15(16)9-10-15/h5-8,11H,9-10,16H2,1-4H3. The van der Waals surface area contributed by atoms with Crippen molar-refractivity contribution in [2.45, 2.75) is 57.6 Å². The maximum atomic E-state index is 6.34. The van der Waals surface area contributed by atoms with Gasteiger partial charge in [-0.3, -0.25) is 0 Å². The van der Waals surface area contributed by atoms with Gasteiger partial charge < -0.3 is 10.5 Å². The van der Waals surface area contributed by atoms with Crippen molar-refractivity contribution in [3.05, 3.63) is 29.8 Å². The van der Waals surface area contributed by atoms with Crippen LogP contribution in [-0.4, -0.2) is 11.6 Å². The molecule has 2 nitrogen and oxygen atoms in total. The molecule has 1 aliphatic carbocycles. The van der Waals surface area contributed by atoms with E-state index in [-0.39, 0.29) is 17.1 Å². The van der Waals surface area contributed by atoms with Gasteiger partial charge in [0.15, 0.2) is 0 Å². The van der Waals surface area contributed by atoms with Crippen molar-refractivity contribution in [2.75, 3.05) is 0 Å². The van der Waals surface area contributed by atoms with E-state index in [1.165, 1.54) is 5.56 Å². The first kappa shape index (κ1) is 12.4. The van der Waals surface area contributed by atoms with Crippen molar-refractivity contribution >= 4 is 0 Å². The van der Waals surface area contributed by atoms with Crippen LogP contribution in [0.1, 0.15) is 46.1 Å². The molecule has 0 spiro atoms. The zero-order valence-electron chi connectivity index (χ0n) is 11.3. The Hall–Kier alpha value is -1.02. The van der Waals surface area contributed by atoms with Gasteiger partial charge in [-0.05, 0) is 44.4 Å². The van der Waals surface area contributed by atoms with Crippen molar-refractivity contribution in [1.29, 1.82) is 0 Å². The van der Waals surface area contributed by atoms with Gasteiger partial charge in [-0.2, -0.15) is 0 Å². The van der Waals surface area contributed by atoms with Gasteiger partial charge in [0.25, 0.3) is 0 Å². The van der Waals surface area contributed by atoms with E-state index in [0.717, 1.165) is 18.6 Å². The topological polar surface area (TPSA) is 35.2 Å². The van der Waals surface area contributed by atoms with Gasteiger partial charge >= 0.3 is 0 Å². The summed E-state index contributed by atoms with van der Waals surface area (Å²) in [7, 11) is 0. The molecular weight excluding hydrogens is 210 g/mol. The number of rotatable bonds is 4. The molecule has 2 N–H and O–H groups in total. The van der Waals surface area contributed by atoms with Gasteiger partial charge in [0.2, 0.25) is 0 Å². The molecule has 2 rings (SSSR count). The van der Waals surface area contributed by atoms with E-state index >= 15 is 0 Å². The van der Waals surface area contributed by atoms with Crippen molar-refractivity contribution in [3.8, 4) is 5.75 Å². The average Bonchev–Trinajstić information content (AvgIpc) is 2.98. The van der Waals surface area contributed by atoms with Gasteiger partial charge in [0, 0.05) is 11.0 Å². The lowest BCUT2D eigenvalue weighted by atomic mass is 9.76. The normalized spacial score (nSPS) is 18.2. The Morgan fingerprint density at radius 3 is 2.12 bits per heavy atom. The lowest BCUT2D eigenvalue weighted by molar-refractivity contribution is 0.242. The fourth-order valence-electron chi connectivity index (χ4n) is 2.27. The molecule has 0 atom stereocenters. The highest BCUT2D eigenvalue weighted by Crippen LogP contribution is 2.49. The molecule has 0 bridgehead atoms. The molecule has 0 aromatic heterocycles. The molecule has 0 amide bonds. The van der Waals surface area contributed by atoms with E-state index in [0.29, 0.717) is 0 Å². The molecule has 1 aromatic rings. The molecule has 1 aromatic carbocycles. The maximum Gasteiger partial charge on any atom is 0.119 e. The molecule has 1 aliphatic rings. The van der Waals surface area contributed by atoms with Crippen molar-refractivity contribution < 1.29 is 4.74 Å². The van der Waals surface area contributed by atoms with Crippen LogP contribution in [0.2, 0.25) is 0 Å². The minimum Gasteiger partial charge on any atom is -0.491 e. The summed E-state index contributed by atoms with van der Waals surface area (Å²) in [5.41, 5.74) is 7.68. The predicted octanol–water partition coefficient (Wildman–Crippen LogP) is 3.24. The SMILES string of the molecule is CC(C)Oc1ccc(C(C)(C)C2(N)CC2)cc1. The minimum absolute atomic E-state index is 0.00653. The first-order chi connectivity index (χ1) is 7.85. The molecule has 0 radical (unpaired) electrons. The van der Waals surface area contributed by atoms with E-state index in [1.54, 1.807) is 0 Å². The average molecular weight is 233 g/mol. The summed E-state index contributed by atoms with van der Waals surface area (Å²) in [6.45, 7) is 8.55. The van der Waals surface area contributed by atoms with Crippen LogP contribution in [0.3, 0.4) is 0 Å². The van der Waals surface area contributed by atoms with Gasteiger partial charge in [0.05, 0.1) is 6.10 Å². The van der Waals surface area contributed by atoms with Crippen LogP contribution in [-0.2, 0) is 5.41 Å². The fourth-order valence-corrected chi connectivity index (χ4v) is 2.27. The quantitative estimate of drug-likeness (QED) is 0.866. The highest BCUT2D eigenvalue weighted by Gasteiger charge is 2.51. The molecule has 0 heterocycles. The lowest BCUT2D eigenvalue weighted by Crippen LogP contribution is -2.43. The first-order valence-corrected chi connectivity index (χ1v) is 6.41. The maximum absolute atomic E-state index is 6.34. The summed E-state index contributed by atoms with van der Waals surface area (Å²) in [5.74, 6) is 0.932. The molecule has 17 heavy (non-hydrogen) atoms. The van der Waals surface area contributed by atoms with Crippen LogP contribution in [0.5, 0.6) is 5.75 Å². The predicted molar refractivity (Wildman–Crippen MR) is 71.4 cm³/mol. The Bertz CT molecular complexity index is 388. The third-order valence-electron chi connectivity index (χ3n) is 3.98. The van der Waals surface area contributed by atoms with Gasteiger partial charge in [-0.25, -0.2) is 0 Å². The Kier molecular flexibility index (Phi) is 2.94. The van der Waals surface area contributed by atoms with Crippen LogP contribution in [0.4, 0.5) is 0 Å². The van der Waals surface area contributed by atoms with E-state index in [4.69, 9.17) is 10.5 Å². The van der Waals surface area contributed by atoms with Crippen molar-refractivity contribution in [3.63, 3.8) is 0 Å². The van der Waals surface area contributed by atoms with E-state index in [1.807, 2.05) is 26.0 Å². The lowest BCUT2D eigenvalue weighted by Gasteiger charge is -2.32. The molecule has 1 fully saturated rings. The van der Waals surface area contributed by atoms with Crippen molar-refractivity contribution in [1.82, 2.24) is 0 Å². The number of nitrogens with two attached hydrogens (primary N) is 1. The summed E-state index contributed by atoms with van der Waals surface area (Å²) in [6.07, 6.45) is 2.48. The second-order valence-electron chi connectivity index (χ2n) is 5.97. The zero-order chi connectivity index (χ0) is 12.7. The first-order valence-electron chi connectivity index (χ1n) is 6.41. The number of hydrogen-bond donors (Lipinski definition) is 1. The van der Waals surface area contributed by atoms with E-state index < -0.39 is 0 Å². The third kappa shape index (κ3) is 2.32. The zero-order valence-corrected chi connectivity index (χ0v) is 11.3. The Labute approximate surface area is 104 Å². The number of ether oxygens (including phenoxy) is 1. The molecule has 0 unspecified atom stereocenters. The van der Waals surface area contributed by atoms with Crippen LogP contribution < -0.4 is 10.5 Å². The van der Waals surface area contributed by atoms with Crippen LogP contribution in [0, 0.1) is 0 Å². The second kappa shape index (κ2) is 4.02. The second-order valence-corrected chi connectivity index (χ2v) is 5.97. The summed E-state index contributed by atoms with van der Waals surface area (Å²) >= 11 is 0. The van der Waals surface area contributed by atoms with E-state index in [2.05, 4.69) is 26.0 Å². The van der Waals surface area contributed by atoms with Gasteiger partial charge in [-0.1, -0.05) is 26.0 Å². The Morgan fingerprint density at radius 1 is 1.18 bits per heavy atom.